The van der Waals surface area contributed by atoms with Gasteiger partial charge in [-0.1, -0.05) is 36.7 Å². The number of hydrogen-bond donors (Lipinski definition) is 1. The van der Waals surface area contributed by atoms with Gasteiger partial charge in [-0.05, 0) is 42.3 Å². The first-order valence-electron chi connectivity index (χ1n) is 5.96. The number of nitrogens with one attached hydrogen (secondary N) is 1. The van der Waals surface area contributed by atoms with Crippen LogP contribution in [0.3, 0.4) is 0 Å². The Bertz CT molecular complexity index is 510. The number of benzene rings is 2. The zero-order valence-electron chi connectivity index (χ0n) is 10.2. The molecule has 0 aliphatic carbocycles. The van der Waals surface area contributed by atoms with Crippen LogP contribution in [-0.4, -0.2) is 0 Å². The number of halogens is 2. The molecule has 0 amide bonds. The summed E-state index contributed by atoms with van der Waals surface area (Å²) in [6.45, 7) is 2.09. The van der Waals surface area contributed by atoms with E-state index in [0.717, 1.165) is 17.7 Å². The van der Waals surface area contributed by atoms with Gasteiger partial charge in [-0.2, -0.15) is 0 Å². The van der Waals surface area contributed by atoms with Crippen LogP contribution in [0.2, 0.25) is 5.02 Å². The Labute approximate surface area is 112 Å². The van der Waals surface area contributed by atoms with Gasteiger partial charge in [0, 0.05) is 10.7 Å². The second-order valence-electron chi connectivity index (χ2n) is 4.17. The minimum atomic E-state index is -0.212. The average Bonchev–Trinajstić information content (AvgIpc) is 2.37. The first-order valence-corrected chi connectivity index (χ1v) is 6.34. The average molecular weight is 264 g/mol. The third kappa shape index (κ3) is 3.23. The van der Waals surface area contributed by atoms with Gasteiger partial charge in [0.05, 0.1) is 6.04 Å². The number of hydrogen-bond acceptors (Lipinski definition) is 1. The normalized spacial score (nSPS) is 12.2. The lowest BCUT2D eigenvalue weighted by molar-refractivity contribution is 0.625. The van der Waals surface area contributed by atoms with Crippen LogP contribution >= 0.6 is 11.6 Å². The van der Waals surface area contributed by atoms with Crippen molar-refractivity contribution < 1.29 is 4.39 Å². The van der Waals surface area contributed by atoms with Crippen molar-refractivity contribution in [2.24, 2.45) is 0 Å². The molecule has 1 unspecified atom stereocenters. The molecule has 0 bridgehead atoms. The summed E-state index contributed by atoms with van der Waals surface area (Å²) in [6.07, 6.45) is 0.915. The van der Waals surface area contributed by atoms with Crippen molar-refractivity contribution in [1.29, 1.82) is 0 Å². The fraction of sp³-hybridized carbons (Fsp3) is 0.200. The summed E-state index contributed by atoms with van der Waals surface area (Å²) in [7, 11) is 0. The summed E-state index contributed by atoms with van der Waals surface area (Å²) in [4.78, 5) is 0. The first kappa shape index (κ1) is 12.9. The lowest BCUT2D eigenvalue weighted by Gasteiger charge is -2.19. The van der Waals surface area contributed by atoms with Crippen molar-refractivity contribution in [3.63, 3.8) is 0 Å². The highest BCUT2D eigenvalue weighted by atomic mass is 35.5. The van der Waals surface area contributed by atoms with Gasteiger partial charge in [0.2, 0.25) is 0 Å². The molecule has 2 aromatic carbocycles. The smallest absolute Gasteiger partial charge is 0.123 e. The Kier molecular flexibility index (Phi) is 4.21. The third-order valence-electron chi connectivity index (χ3n) is 2.85. The second kappa shape index (κ2) is 5.87. The minimum absolute atomic E-state index is 0.157. The molecule has 1 N–H and O–H groups in total. The minimum Gasteiger partial charge on any atom is -0.378 e. The Morgan fingerprint density at radius 2 is 1.89 bits per heavy atom. The summed E-state index contributed by atoms with van der Waals surface area (Å²) in [6, 6.07) is 14.3. The monoisotopic (exact) mass is 263 g/mol. The Hall–Kier alpha value is -1.54. The van der Waals surface area contributed by atoms with E-state index in [1.165, 1.54) is 12.1 Å². The largest absolute Gasteiger partial charge is 0.378 e. The summed E-state index contributed by atoms with van der Waals surface area (Å²) >= 11 is 5.95. The standard InChI is InChI=1S/C15H15ClFN/c1-2-15(11-6-8-13(17)9-7-11)18-14-5-3-4-12(16)10-14/h3-10,15,18H,2H2,1H3. The maximum absolute atomic E-state index is 12.9. The summed E-state index contributed by atoms with van der Waals surface area (Å²) in [5.41, 5.74) is 2.04. The quantitative estimate of drug-likeness (QED) is 0.815. The Balaban J connectivity index is 2.17. The van der Waals surface area contributed by atoms with Gasteiger partial charge in [0.1, 0.15) is 5.82 Å². The molecule has 0 aliphatic rings. The number of anilines is 1. The fourth-order valence-corrected chi connectivity index (χ4v) is 2.09. The molecule has 94 valence electrons. The maximum Gasteiger partial charge on any atom is 0.123 e. The van der Waals surface area contributed by atoms with Crippen LogP contribution in [0.15, 0.2) is 48.5 Å². The van der Waals surface area contributed by atoms with Gasteiger partial charge >= 0.3 is 0 Å². The van der Waals surface area contributed by atoms with Gasteiger partial charge < -0.3 is 5.32 Å². The molecule has 0 aromatic heterocycles. The van der Waals surface area contributed by atoms with E-state index < -0.39 is 0 Å². The molecule has 3 heteroatoms. The van der Waals surface area contributed by atoms with Crippen LogP contribution in [-0.2, 0) is 0 Å². The lowest BCUT2D eigenvalue weighted by atomic mass is 10.0. The van der Waals surface area contributed by atoms with Gasteiger partial charge in [-0.25, -0.2) is 4.39 Å². The van der Waals surface area contributed by atoms with Crippen molar-refractivity contribution >= 4 is 17.3 Å². The molecule has 0 heterocycles. The van der Waals surface area contributed by atoms with Gasteiger partial charge in [-0.15, -0.1) is 0 Å². The summed E-state index contributed by atoms with van der Waals surface area (Å²) in [5, 5.41) is 4.10. The van der Waals surface area contributed by atoms with E-state index in [2.05, 4.69) is 12.2 Å². The van der Waals surface area contributed by atoms with Crippen LogP contribution < -0.4 is 5.32 Å². The van der Waals surface area contributed by atoms with Crippen molar-refractivity contribution in [3.05, 3.63) is 64.9 Å². The van der Waals surface area contributed by atoms with Gasteiger partial charge in [0.15, 0.2) is 0 Å². The topological polar surface area (TPSA) is 12.0 Å². The lowest BCUT2D eigenvalue weighted by Crippen LogP contribution is -2.09. The molecule has 0 saturated carbocycles. The van der Waals surface area contributed by atoms with E-state index in [4.69, 9.17) is 11.6 Å². The van der Waals surface area contributed by atoms with E-state index in [-0.39, 0.29) is 11.9 Å². The molecule has 0 spiro atoms. The highest BCUT2D eigenvalue weighted by Gasteiger charge is 2.09. The zero-order chi connectivity index (χ0) is 13.0. The van der Waals surface area contributed by atoms with Crippen LogP contribution in [0.1, 0.15) is 24.9 Å². The van der Waals surface area contributed by atoms with E-state index in [0.29, 0.717) is 5.02 Å². The van der Waals surface area contributed by atoms with E-state index in [1.807, 2.05) is 24.3 Å². The van der Waals surface area contributed by atoms with E-state index in [1.54, 1.807) is 12.1 Å². The molecule has 18 heavy (non-hydrogen) atoms. The summed E-state index contributed by atoms with van der Waals surface area (Å²) < 4.78 is 12.9. The van der Waals surface area contributed by atoms with E-state index >= 15 is 0 Å². The SMILES string of the molecule is CCC(Nc1cccc(Cl)c1)c1ccc(F)cc1. The first-order chi connectivity index (χ1) is 8.69. The molecule has 0 radical (unpaired) electrons. The van der Waals surface area contributed by atoms with Gasteiger partial charge in [0.25, 0.3) is 0 Å². The molecule has 1 nitrogen and oxygen atoms in total. The predicted molar refractivity (Wildman–Crippen MR) is 74.5 cm³/mol. The van der Waals surface area contributed by atoms with E-state index in [9.17, 15) is 4.39 Å². The van der Waals surface area contributed by atoms with Crippen LogP contribution in [0.4, 0.5) is 10.1 Å². The highest BCUT2D eigenvalue weighted by molar-refractivity contribution is 6.30. The highest BCUT2D eigenvalue weighted by Crippen LogP contribution is 2.24. The van der Waals surface area contributed by atoms with Crippen LogP contribution in [0.25, 0.3) is 0 Å². The van der Waals surface area contributed by atoms with Crippen molar-refractivity contribution in [2.75, 3.05) is 5.32 Å². The fourth-order valence-electron chi connectivity index (χ4n) is 1.90. The van der Waals surface area contributed by atoms with Gasteiger partial charge in [-0.3, -0.25) is 0 Å². The molecule has 2 aromatic rings. The second-order valence-corrected chi connectivity index (χ2v) is 4.60. The third-order valence-corrected chi connectivity index (χ3v) is 3.08. The molecule has 0 aliphatic heterocycles. The zero-order valence-corrected chi connectivity index (χ0v) is 10.9. The Morgan fingerprint density at radius 1 is 1.17 bits per heavy atom. The molecule has 1 atom stereocenters. The van der Waals surface area contributed by atoms with Crippen molar-refractivity contribution in [3.8, 4) is 0 Å². The number of rotatable bonds is 4. The predicted octanol–water partition coefficient (Wildman–Crippen LogP) is 5.04. The van der Waals surface area contributed by atoms with Crippen molar-refractivity contribution in [2.45, 2.75) is 19.4 Å². The van der Waals surface area contributed by atoms with Crippen LogP contribution in [0.5, 0.6) is 0 Å². The summed E-state index contributed by atoms with van der Waals surface area (Å²) in [5.74, 6) is -0.212. The molecule has 2 rings (SSSR count). The van der Waals surface area contributed by atoms with Crippen LogP contribution in [0, 0.1) is 5.82 Å². The molecular weight excluding hydrogens is 249 g/mol. The van der Waals surface area contributed by atoms with Crippen molar-refractivity contribution in [1.82, 2.24) is 0 Å². The maximum atomic E-state index is 12.9. The molecule has 0 saturated heterocycles. The molecular formula is C15H15ClFN. The molecule has 0 fully saturated rings. The Morgan fingerprint density at radius 3 is 2.50 bits per heavy atom.